The third kappa shape index (κ3) is 4.82. The summed E-state index contributed by atoms with van der Waals surface area (Å²) in [6, 6.07) is 9.71. The summed E-state index contributed by atoms with van der Waals surface area (Å²) in [5.41, 5.74) is 2.78. The summed E-state index contributed by atoms with van der Waals surface area (Å²) in [5, 5.41) is 3.63. The van der Waals surface area contributed by atoms with Gasteiger partial charge in [0, 0.05) is 31.4 Å². The lowest BCUT2D eigenvalue weighted by Gasteiger charge is -2.18. The van der Waals surface area contributed by atoms with E-state index in [2.05, 4.69) is 55.3 Å². The maximum Gasteiger partial charge on any atom is 0.0366 e. The lowest BCUT2D eigenvalue weighted by atomic mass is 10.0. The Morgan fingerprint density at radius 2 is 1.65 bits per heavy atom. The van der Waals surface area contributed by atoms with E-state index in [1.807, 2.05) is 0 Å². The molecule has 1 N–H and O–H groups in total. The van der Waals surface area contributed by atoms with Gasteiger partial charge in [0.15, 0.2) is 0 Å². The van der Waals surface area contributed by atoms with E-state index in [0.717, 1.165) is 12.5 Å². The van der Waals surface area contributed by atoms with Crippen LogP contribution in [0.3, 0.4) is 0 Å². The van der Waals surface area contributed by atoms with Crippen LogP contribution in [0.15, 0.2) is 24.3 Å². The zero-order chi connectivity index (χ0) is 14.4. The molecule has 1 aliphatic rings. The van der Waals surface area contributed by atoms with Crippen LogP contribution in [0, 0.1) is 5.92 Å². The van der Waals surface area contributed by atoms with E-state index in [0.29, 0.717) is 6.04 Å². The number of nitrogens with zero attached hydrogens (tertiary/aromatic N) is 1. The smallest absolute Gasteiger partial charge is 0.0366 e. The molecule has 20 heavy (non-hydrogen) atoms. The van der Waals surface area contributed by atoms with Crippen molar-refractivity contribution >= 4 is 5.69 Å². The Morgan fingerprint density at radius 3 is 2.25 bits per heavy atom. The Kier molecular flexibility index (Phi) is 5.90. The molecule has 0 saturated carbocycles. The molecule has 2 rings (SSSR count). The Labute approximate surface area is 124 Å². The van der Waals surface area contributed by atoms with E-state index in [9.17, 15) is 0 Å². The predicted molar refractivity (Wildman–Crippen MR) is 88.3 cm³/mol. The summed E-state index contributed by atoms with van der Waals surface area (Å²) in [6.45, 7) is 10.3. The number of hydrogen-bond acceptors (Lipinski definition) is 2. The van der Waals surface area contributed by atoms with Crippen molar-refractivity contribution in [2.75, 3.05) is 18.0 Å². The van der Waals surface area contributed by atoms with Crippen LogP contribution >= 0.6 is 0 Å². The van der Waals surface area contributed by atoms with Gasteiger partial charge in [-0.2, -0.15) is 0 Å². The van der Waals surface area contributed by atoms with Gasteiger partial charge >= 0.3 is 0 Å². The molecule has 1 aromatic rings. The SMILES string of the molecule is CC(C)CCC(C)NCc1ccc(N2CCCC2)cc1. The zero-order valence-electron chi connectivity index (χ0n) is 13.4. The third-order valence-corrected chi connectivity index (χ3v) is 4.24. The van der Waals surface area contributed by atoms with Gasteiger partial charge in [-0.25, -0.2) is 0 Å². The van der Waals surface area contributed by atoms with E-state index >= 15 is 0 Å². The van der Waals surface area contributed by atoms with Gasteiger partial charge in [-0.1, -0.05) is 26.0 Å². The second kappa shape index (κ2) is 7.68. The summed E-state index contributed by atoms with van der Waals surface area (Å²) >= 11 is 0. The minimum absolute atomic E-state index is 0.607. The Balaban J connectivity index is 1.75. The van der Waals surface area contributed by atoms with Crippen molar-refractivity contribution in [2.24, 2.45) is 5.92 Å². The highest BCUT2D eigenvalue weighted by molar-refractivity contribution is 5.48. The fourth-order valence-electron chi connectivity index (χ4n) is 2.78. The molecule has 1 aliphatic heterocycles. The van der Waals surface area contributed by atoms with Crippen molar-refractivity contribution in [3.8, 4) is 0 Å². The molecule has 1 fully saturated rings. The monoisotopic (exact) mass is 274 g/mol. The Hall–Kier alpha value is -1.02. The van der Waals surface area contributed by atoms with Crippen LogP contribution in [0.2, 0.25) is 0 Å². The first kappa shape index (κ1) is 15.4. The topological polar surface area (TPSA) is 15.3 Å². The molecule has 2 nitrogen and oxygen atoms in total. The molecule has 112 valence electrons. The van der Waals surface area contributed by atoms with E-state index in [-0.39, 0.29) is 0 Å². The second-order valence-corrected chi connectivity index (χ2v) is 6.61. The van der Waals surface area contributed by atoms with Gasteiger partial charge in [-0.15, -0.1) is 0 Å². The highest BCUT2D eigenvalue weighted by atomic mass is 15.1. The molecule has 0 spiro atoms. The van der Waals surface area contributed by atoms with Crippen LogP contribution in [0.25, 0.3) is 0 Å². The third-order valence-electron chi connectivity index (χ3n) is 4.24. The van der Waals surface area contributed by atoms with Crippen LogP contribution in [0.5, 0.6) is 0 Å². The maximum absolute atomic E-state index is 3.63. The first-order valence-electron chi connectivity index (χ1n) is 8.22. The lowest BCUT2D eigenvalue weighted by molar-refractivity contribution is 0.451. The van der Waals surface area contributed by atoms with Crippen LogP contribution in [0.4, 0.5) is 5.69 Å². The second-order valence-electron chi connectivity index (χ2n) is 6.61. The molecule has 0 aliphatic carbocycles. The van der Waals surface area contributed by atoms with Gasteiger partial charge in [0.2, 0.25) is 0 Å². The van der Waals surface area contributed by atoms with E-state index < -0.39 is 0 Å². The Bertz CT molecular complexity index is 377. The molecule has 1 atom stereocenters. The lowest BCUT2D eigenvalue weighted by Crippen LogP contribution is -2.25. The average Bonchev–Trinajstić information content (AvgIpc) is 2.97. The van der Waals surface area contributed by atoms with Gasteiger partial charge < -0.3 is 10.2 Å². The number of rotatable bonds is 7. The summed E-state index contributed by atoms with van der Waals surface area (Å²) in [7, 11) is 0. The molecule has 2 heteroatoms. The quantitative estimate of drug-likeness (QED) is 0.801. The first-order valence-corrected chi connectivity index (χ1v) is 8.22. The molecule has 0 radical (unpaired) electrons. The summed E-state index contributed by atoms with van der Waals surface area (Å²) in [4.78, 5) is 2.49. The van der Waals surface area contributed by atoms with Crippen molar-refractivity contribution in [1.82, 2.24) is 5.32 Å². The number of nitrogens with one attached hydrogen (secondary N) is 1. The molecule has 1 saturated heterocycles. The van der Waals surface area contributed by atoms with E-state index in [1.54, 1.807) is 0 Å². The summed E-state index contributed by atoms with van der Waals surface area (Å²) < 4.78 is 0. The van der Waals surface area contributed by atoms with Crippen LogP contribution < -0.4 is 10.2 Å². The van der Waals surface area contributed by atoms with Gasteiger partial charge in [0.05, 0.1) is 0 Å². The molecular formula is C18H30N2. The minimum Gasteiger partial charge on any atom is -0.372 e. The summed E-state index contributed by atoms with van der Waals surface area (Å²) in [5.74, 6) is 0.805. The molecule has 0 bridgehead atoms. The van der Waals surface area contributed by atoms with Crippen LogP contribution in [-0.4, -0.2) is 19.1 Å². The molecule has 0 amide bonds. The van der Waals surface area contributed by atoms with Crippen molar-refractivity contribution in [2.45, 2.75) is 59.0 Å². The number of benzene rings is 1. The first-order chi connectivity index (χ1) is 9.65. The normalized spacial score (nSPS) is 16.9. The largest absolute Gasteiger partial charge is 0.372 e. The molecule has 1 heterocycles. The van der Waals surface area contributed by atoms with E-state index in [4.69, 9.17) is 0 Å². The number of hydrogen-bond donors (Lipinski definition) is 1. The van der Waals surface area contributed by atoms with Gasteiger partial charge in [0.25, 0.3) is 0 Å². The standard InChI is InChI=1S/C18H30N2/c1-15(2)6-7-16(3)19-14-17-8-10-18(11-9-17)20-12-4-5-13-20/h8-11,15-16,19H,4-7,12-14H2,1-3H3. The average molecular weight is 274 g/mol. The summed E-state index contributed by atoms with van der Waals surface area (Å²) in [6.07, 6.45) is 5.26. The van der Waals surface area contributed by atoms with Crippen LogP contribution in [-0.2, 0) is 6.54 Å². The maximum atomic E-state index is 3.63. The molecule has 0 aromatic heterocycles. The Morgan fingerprint density at radius 1 is 1.00 bits per heavy atom. The van der Waals surface area contributed by atoms with Gasteiger partial charge in [0.1, 0.15) is 0 Å². The minimum atomic E-state index is 0.607. The van der Waals surface area contributed by atoms with E-state index in [1.165, 1.54) is 50.0 Å². The molecular weight excluding hydrogens is 244 g/mol. The van der Waals surface area contributed by atoms with Crippen molar-refractivity contribution in [3.63, 3.8) is 0 Å². The van der Waals surface area contributed by atoms with Crippen LogP contribution in [0.1, 0.15) is 52.0 Å². The molecule has 1 aromatic carbocycles. The molecule has 1 unspecified atom stereocenters. The number of anilines is 1. The van der Waals surface area contributed by atoms with Crippen molar-refractivity contribution in [1.29, 1.82) is 0 Å². The highest BCUT2D eigenvalue weighted by Crippen LogP contribution is 2.20. The van der Waals surface area contributed by atoms with Gasteiger partial charge in [-0.05, 0) is 56.2 Å². The van der Waals surface area contributed by atoms with Gasteiger partial charge in [-0.3, -0.25) is 0 Å². The van der Waals surface area contributed by atoms with Crippen molar-refractivity contribution in [3.05, 3.63) is 29.8 Å². The fourth-order valence-corrected chi connectivity index (χ4v) is 2.78. The predicted octanol–water partition coefficient (Wildman–Crippen LogP) is 4.20. The highest BCUT2D eigenvalue weighted by Gasteiger charge is 2.11. The van der Waals surface area contributed by atoms with Crippen molar-refractivity contribution < 1.29 is 0 Å². The zero-order valence-corrected chi connectivity index (χ0v) is 13.4. The fraction of sp³-hybridized carbons (Fsp3) is 0.667.